The Bertz CT molecular complexity index is 485. The zero-order valence-electron chi connectivity index (χ0n) is 19.1. The van der Waals surface area contributed by atoms with Crippen molar-refractivity contribution >= 4 is 5.91 Å². The van der Waals surface area contributed by atoms with Gasteiger partial charge in [-0.15, -0.1) is 0 Å². The molecule has 1 amide bonds. The van der Waals surface area contributed by atoms with E-state index in [1.807, 2.05) is 0 Å². The Hall–Kier alpha value is -1.06. The Morgan fingerprint density at radius 1 is 0.594 bits per heavy atom. The summed E-state index contributed by atoms with van der Waals surface area (Å²) in [6.07, 6.45) is 10.5. The molecule has 0 saturated carbocycles. The van der Waals surface area contributed by atoms with Crippen LogP contribution in [0.2, 0.25) is 0 Å². The Balaban J connectivity index is 3.56. The van der Waals surface area contributed by atoms with E-state index in [-0.39, 0.29) is 6.54 Å². The van der Waals surface area contributed by atoms with Crippen molar-refractivity contribution in [3.63, 3.8) is 0 Å². The fraction of sp³-hybridized carbons (Fsp3) is 0.955. The minimum Gasteiger partial charge on any atom is -0.349 e. The number of amides is 1. The molecule has 0 radical (unpaired) electrons. The lowest BCUT2D eigenvalue weighted by Gasteiger charge is -2.27. The van der Waals surface area contributed by atoms with Crippen molar-refractivity contribution < 1.29 is 35.5 Å². The van der Waals surface area contributed by atoms with E-state index in [2.05, 4.69) is 12.2 Å². The molecule has 2 N–H and O–H groups in total. The highest BCUT2D eigenvalue weighted by Gasteiger charge is 2.76. The van der Waals surface area contributed by atoms with E-state index < -0.39 is 30.5 Å². The molecule has 0 unspecified atom stereocenters. The maximum absolute atomic E-state index is 13.1. The first-order valence-electron chi connectivity index (χ1n) is 11.8. The van der Waals surface area contributed by atoms with Crippen molar-refractivity contribution in [2.45, 2.75) is 115 Å². The molecular formula is C22H39F7N2O. The molecular weight excluding hydrogens is 441 g/mol. The zero-order chi connectivity index (χ0) is 24.5. The van der Waals surface area contributed by atoms with Crippen molar-refractivity contribution in [3.8, 4) is 0 Å². The SMILES string of the molecule is CCCCCCCCCCCCCCCCNCCNC(=O)C(F)(F)C(F)(F)C(F)(F)F. The van der Waals surface area contributed by atoms with Crippen LogP contribution in [-0.2, 0) is 4.79 Å². The molecule has 0 bridgehead atoms. The summed E-state index contributed by atoms with van der Waals surface area (Å²) in [5.74, 6) is -14.9. The van der Waals surface area contributed by atoms with Gasteiger partial charge in [-0.25, -0.2) is 0 Å². The maximum Gasteiger partial charge on any atom is 0.460 e. The highest BCUT2D eigenvalue weighted by Crippen LogP contribution is 2.46. The van der Waals surface area contributed by atoms with Gasteiger partial charge in [-0.3, -0.25) is 4.79 Å². The van der Waals surface area contributed by atoms with Gasteiger partial charge < -0.3 is 10.6 Å². The molecule has 0 atom stereocenters. The van der Waals surface area contributed by atoms with Gasteiger partial charge in [0.15, 0.2) is 0 Å². The maximum atomic E-state index is 13.1. The summed E-state index contributed by atoms with van der Waals surface area (Å²) in [4.78, 5) is 11.1. The van der Waals surface area contributed by atoms with Crippen molar-refractivity contribution in [1.29, 1.82) is 0 Å². The number of alkyl halides is 7. The van der Waals surface area contributed by atoms with E-state index in [0.29, 0.717) is 6.54 Å². The Morgan fingerprint density at radius 2 is 1.00 bits per heavy atom. The predicted molar refractivity (Wildman–Crippen MR) is 112 cm³/mol. The lowest BCUT2D eigenvalue weighted by molar-refractivity contribution is -0.344. The normalized spacial score (nSPS) is 12.9. The third kappa shape index (κ3) is 12.3. The fourth-order valence-corrected chi connectivity index (χ4v) is 3.27. The van der Waals surface area contributed by atoms with Gasteiger partial charge in [0.25, 0.3) is 5.91 Å². The first-order valence-corrected chi connectivity index (χ1v) is 11.8. The molecule has 0 aromatic heterocycles. The second-order valence-electron chi connectivity index (χ2n) is 8.25. The topological polar surface area (TPSA) is 41.1 Å². The quantitative estimate of drug-likeness (QED) is 0.145. The first kappa shape index (κ1) is 30.9. The van der Waals surface area contributed by atoms with Crippen LogP contribution >= 0.6 is 0 Å². The lowest BCUT2D eigenvalue weighted by Crippen LogP contribution is -2.59. The molecule has 0 heterocycles. The monoisotopic (exact) mass is 480 g/mol. The Kier molecular flexibility index (Phi) is 16.0. The lowest BCUT2D eigenvalue weighted by atomic mass is 10.0. The summed E-state index contributed by atoms with van der Waals surface area (Å²) in [7, 11) is 0. The van der Waals surface area contributed by atoms with E-state index >= 15 is 0 Å². The van der Waals surface area contributed by atoms with Crippen LogP contribution in [0, 0.1) is 0 Å². The third-order valence-corrected chi connectivity index (χ3v) is 5.33. The minimum atomic E-state index is -6.51. The molecule has 0 fully saturated rings. The number of nitrogens with one attached hydrogen (secondary N) is 2. The van der Waals surface area contributed by atoms with Gasteiger partial charge >= 0.3 is 18.0 Å². The second-order valence-corrected chi connectivity index (χ2v) is 8.25. The molecule has 0 aliphatic heterocycles. The average Bonchev–Trinajstić information content (AvgIpc) is 2.71. The highest BCUT2D eigenvalue weighted by atomic mass is 19.4. The summed E-state index contributed by atoms with van der Waals surface area (Å²) >= 11 is 0. The number of halogens is 7. The van der Waals surface area contributed by atoms with Gasteiger partial charge in [-0.1, -0.05) is 90.4 Å². The molecule has 0 aliphatic rings. The van der Waals surface area contributed by atoms with E-state index in [4.69, 9.17) is 0 Å². The number of hydrogen-bond acceptors (Lipinski definition) is 2. The van der Waals surface area contributed by atoms with Crippen LogP contribution in [0.15, 0.2) is 0 Å². The van der Waals surface area contributed by atoms with Gasteiger partial charge in [0.2, 0.25) is 0 Å². The van der Waals surface area contributed by atoms with Gasteiger partial charge in [0.1, 0.15) is 0 Å². The van der Waals surface area contributed by atoms with Crippen molar-refractivity contribution in [2.24, 2.45) is 0 Å². The molecule has 0 aliphatic carbocycles. The van der Waals surface area contributed by atoms with E-state index in [1.54, 1.807) is 0 Å². The average molecular weight is 481 g/mol. The number of unbranched alkanes of at least 4 members (excludes halogenated alkanes) is 13. The Morgan fingerprint density at radius 3 is 1.41 bits per heavy atom. The number of rotatable bonds is 20. The summed E-state index contributed by atoms with van der Waals surface area (Å²) in [5, 5.41) is 4.26. The van der Waals surface area contributed by atoms with Crippen LogP contribution in [-0.4, -0.2) is 43.6 Å². The van der Waals surface area contributed by atoms with Crippen molar-refractivity contribution in [3.05, 3.63) is 0 Å². The van der Waals surface area contributed by atoms with Crippen molar-refractivity contribution in [2.75, 3.05) is 19.6 Å². The molecule has 0 saturated heterocycles. The summed E-state index contributed by atoms with van der Waals surface area (Å²) in [5.41, 5.74) is 0. The van der Waals surface area contributed by atoms with Crippen LogP contribution in [0.5, 0.6) is 0 Å². The van der Waals surface area contributed by atoms with Gasteiger partial charge in [0.05, 0.1) is 0 Å². The van der Waals surface area contributed by atoms with E-state index in [1.165, 1.54) is 69.5 Å². The van der Waals surface area contributed by atoms with E-state index in [0.717, 1.165) is 25.7 Å². The summed E-state index contributed by atoms with van der Waals surface area (Å²) < 4.78 is 87.8. The minimum absolute atomic E-state index is 0.00213. The molecule has 32 heavy (non-hydrogen) atoms. The summed E-state index contributed by atoms with van der Waals surface area (Å²) in [6, 6.07) is 0. The predicted octanol–water partition coefficient (Wildman–Crippen LogP) is 7.01. The highest BCUT2D eigenvalue weighted by molar-refractivity contribution is 5.84. The second kappa shape index (κ2) is 16.5. The van der Waals surface area contributed by atoms with Gasteiger partial charge in [0, 0.05) is 13.1 Å². The molecule has 3 nitrogen and oxygen atoms in total. The van der Waals surface area contributed by atoms with Crippen LogP contribution in [0.25, 0.3) is 0 Å². The largest absolute Gasteiger partial charge is 0.460 e. The van der Waals surface area contributed by atoms with Crippen molar-refractivity contribution in [1.82, 2.24) is 10.6 Å². The Labute approximate surface area is 187 Å². The number of carbonyl (C=O) groups excluding carboxylic acids is 1. The molecule has 0 spiro atoms. The van der Waals surface area contributed by atoms with Crippen LogP contribution < -0.4 is 10.6 Å². The number of carbonyl (C=O) groups is 1. The van der Waals surface area contributed by atoms with Crippen LogP contribution in [0.4, 0.5) is 30.7 Å². The fourth-order valence-electron chi connectivity index (χ4n) is 3.27. The molecule has 10 heteroatoms. The molecule has 0 rings (SSSR count). The van der Waals surface area contributed by atoms with Crippen LogP contribution in [0.1, 0.15) is 96.8 Å². The first-order chi connectivity index (χ1) is 15.0. The van der Waals surface area contributed by atoms with Gasteiger partial charge in [-0.2, -0.15) is 30.7 Å². The molecule has 192 valence electrons. The molecule has 0 aromatic carbocycles. The standard InChI is InChI=1S/C22H39F7N2O/c1-2-3-4-5-6-7-8-9-10-11-12-13-14-15-16-30-17-18-31-19(32)20(23,24)21(25,26)22(27,28)29/h30H,2-18H2,1H3,(H,31,32). The summed E-state index contributed by atoms with van der Waals surface area (Å²) in [6.45, 7) is 2.29. The third-order valence-electron chi connectivity index (χ3n) is 5.33. The number of hydrogen-bond donors (Lipinski definition) is 2. The molecule has 0 aromatic rings. The smallest absolute Gasteiger partial charge is 0.349 e. The zero-order valence-corrected chi connectivity index (χ0v) is 19.1. The van der Waals surface area contributed by atoms with Gasteiger partial charge in [-0.05, 0) is 13.0 Å². The van der Waals surface area contributed by atoms with Crippen LogP contribution in [0.3, 0.4) is 0 Å². The van der Waals surface area contributed by atoms with E-state index in [9.17, 15) is 35.5 Å².